The predicted molar refractivity (Wildman–Crippen MR) is 148 cm³/mol. The van der Waals surface area contributed by atoms with Crippen LogP contribution in [0.1, 0.15) is 53.4 Å². The highest BCUT2D eigenvalue weighted by Gasteiger charge is 2.84. The van der Waals surface area contributed by atoms with Gasteiger partial charge in [-0.15, -0.1) is 0 Å². The summed E-state index contributed by atoms with van der Waals surface area (Å²) in [7, 11) is -3.75. The highest BCUT2D eigenvalue weighted by Crippen LogP contribution is 2.82. The third kappa shape index (κ3) is 3.50. The molecule has 1 aromatic rings. The molecular formula is C31H41NO7S. The van der Waals surface area contributed by atoms with Gasteiger partial charge in [0.25, 0.3) is 0 Å². The molecule has 1 saturated heterocycles. The predicted octanol–water partition coefficient (Wildman–Crippen LogP) is 4.36. The average Bonchev–Trinajstić information content (AvgIpc) is 3.49. The van der Waals surface area contributed by atoms with Crippen molar-refractivity contribution in [2.45, 2.75) is 70.7 Å². The summed E-state index contributed by atoms with van der Waals surface area (Å²) in [6, 6.07) is 8.33. The van der Waals surface area contributed by atoms with Crippen molar-refractivity contribution in [1.82, 2.24) is 4.31 Å². The van der Waals surface area contributed by atoms with Gasteiger partial charge in [0.05, 0.1) is 29.6 Å². The number of carbonyl (C=O) groups is 2. The molecular weight excluding hydrogens is 530 g/mol. The summed E-state index contributed by atoms with van der Waals surface area (Å²) in [5.74, 6) is -0.316. The topological polar surface area (TPSA) is 110 Å². The largest absolute Gasteiger partial charge is 0.481 e. The van der Waals surface area contributed by atoms with Crippen LogP contribution in [0, 0.1) is 45.8 Å². The van der Waals surface area contributed by atoms with E-state index >= 15 is 0 Å². The Balaban J connectivity index is 1.35. The lowest BCUT2D eigenvalue weighted by molar-refractivity contribution is -0.229. The maximum atomic E-state index is 13.6. The van der Waals surface area contributed by atoms with E-state index in [0.29, 0.717) is 18.8 Å². The Morgan fingerprint density at radius 1 is 1.18 bits per heavy atom. The van der Waals surface area contributed by atoms with Gasteiger partial charge in [0.1, 0.15) is 11.7 Å². The molecule has 5 unspecified atom stereocenters. The van der Waals surface area contributed by atoms with Crippen molar-refractivity contribution in [2.75, 3.05) is 19.7 Å². The van der Waals surface area contributed by atoms with Crippen LogP contribution in [0.4, 0.5) is 0 Å². The van der Waals surface area contributed by atoms with Crippen LogP contribution in [-0.2, 0) is 29.1 Å². The van der Waals surface area contributed by atoms with Gasteiger partial charge in [0, 0.05) is 12.0 Å². The number of fused-ring (bicyclic) bond motifs is 2. The number of ether oxygens (including phenoxy) is 2. The van der Waals surface area contributed by atoms with Crippen molar-refractivity contribution in [3.63, 3.8) is 0 Å². The number of aldehydes is 1. The number of carboxylic acid groups (broad SMARTS) is 1. The zero-order valence-electron chi connectivity index (χ0n) is 23.8. The van der Waals surface area contributed by atoms with E-state index in [2.05, 4.69) is 13.0 Å². The van der Waals surface area contributed by atoms with Gasteiger partial charge >= 0.3 is 5.97 Å². The fourth-order valence-electron chi connectivity index (χ4n) is 9.78. The molecule has 0 aromatic heterocycles. The molecule has 1 aromatic carbocycles. The second-order valence-electron chi connectivity index (χ2n) is 13.3. The van der Waals surface area contributed by atoms with Crippen LogP contribution in [0.2, 0.25) is 0 Å². The monoisotopic (exact) mass is 571 g/mol. The van der Waals surface area contributed by atoms with Gasteiger partial charge in [0.15, 0.2) is 6.29 Å². The Bertz CT molecular complexity index is 1330. The maximum Gasteiger partial charge on any atom is 0.315 e. The minimum atomic E-state index is -3.75. The van der Waals surface area contributed by atoms with Gasteiger partial charge < -0.3 is 19.4 Å². The van der Waals surface area contributed by atoms with E-state index in [1.54, 1.807) is 30.3 Å². The Morgan fingerprint density at radius 2 is 1.90 bits per heavy atom. The first kappa shape index (κ1) is 28.1. The van der Waals surface area contributed by atoms with Crippen LogP contribution in [0.25, 0.3) is 0 Å². The lowest BCUT2D eigenvalue weighted by atomic mass is 9.43. The Kier molecular flexibility index (Phi) is 6.65. The molecule has 4 bridgehead atoms. The van der Waals surface area contributed by atoms with E-state index in [1.807, 2.05) is 20.8 Å². The summed E-state index contributed by atoms with van der Waals surface area (Å²) in [4.78, 5) is 27.0. The Morgan fingerprint density at radius 3 is 2.55 bits per heavy atom. The van der Waals surface area contributed by atoms with Crippen LogP contribution in [0.15, 0.2) is 46.9 Å². The number of benzene rings is 1. The minimum absolute atomic E-state index is 0.0204. The SMILES string of the molecule is CC(C)C1=CC2C[C@]3(C=O)C4CC[C@@H](C)C4CC2(CO[C@H]2CN(S(=O)(=O)c4ccccc4)C[C@@H](C)O2)C13C(=O)O. The average molecular weight is 572 g/mol. The van der Waals surface area contributed by atoms with E-state index in [9.17, 15) is 23.1 Å². The van der Waals surface area contributed by atoms with Crippen molar-refractivity contribution >= 4 is 22.3 Å². The van der Waals surface area contributed by atoms with Gasteiger partial charge in [0.2, 0.25) is 10.0 Å². The van der Waals surface area contributed by atoms with Crippen molar-refractivity contribution < 1.29 is 32.6 Å². The normalized spacial score (nSPS) is 42.6. The number of hydrogen-bond acceptors (Lipinski definition) is 6. The first-order chi connectivity index (χ1) is 18.9. The molecule has 0 radical (unpaired) electrons. The highest BCUT2D eigenvalue weighted by molar-refractivity contribution is 7.89. The van der Waals surface area contributed by atoms with Gasteiger partial charge in [-0.25, -0.2) is 8.42 Å². The van der Waals surface area contributed by atoms with Crippen LogP contribution in [0.5, 0.6) is 0 Å². The molecule has 40 heavy (non-hydrogen) atoms. The number of carbonyl (C=O) groups excluding carboxylic acids is 1. The smallest absolute Gasteiger partial charge is 0.315 e. The molecule has 0 amide bonds. The van der Waals surface area contributed by atoms with E-state index in [1.165, 1.54) is 4.31 Å². The van der Waals surface area contributed by atoms with E-state index in [4.69, 9.17) is 9.47 Å². The van der Waals surface area contributed by atoms with E-state index in [-0.39, 0.29) is 48.3 Å². The molecule has 8 nitrogen and oxygen atoms in total. The summed E-state index contributed by atoms with van der Waals surface area (Å²) in [6.45, 7) is 8.43. The molecule has 9 atom stereocenters. The number of nitrogens with zero attached hydrogens (tertiary/aromatic N) is 1. The molecule has 4 aliphatic carbocycles. The number of carboxylic acids is 1. The zero-order chi connectivity index (χ0) is 28.7. The van der Waals surface area contributed by atoms with E-state index < -0.39 is 44.6 Å². The first-order valence-electron chi connectivity index (χ1n) is 14.7. The standard InChI is InChI=1S/C31H41NO7S/c1-19(2)26-12-22-13-29(17-33)25-11-10-20(3)24(25)14-30(22,31(26,29)28(34)35)18-38-27-16-32(15-21(4)39-27)40(36,37)23-8-6-5-7-9-23/h5-9,12,17,19-22,24-25,27H,10-11,13-16,18H2,1-4H3,(H,34,35)/t20-,21-,22?,24?,25?,27-,29+,30?,31?/m1/s1. The van der Waals surface area contributed by atoms with Crippen molar-refractivity contribution in [2.24, 2.45) is 45.8 Å². The first-order valence-corrected chi connectivity index (χ1v) is 16.1. The lowest BCUT2D eigenvalue weighted by Gasteiger charge is -2.58. The number of allylic oxidation sites excluding steroid dienone is 1. The van der Waals surface area contributed by atoms with Crippen molar-refractivity contribution in [1.29, 1.82) is 0 Å². The summed E-state index contributed by atoms with van der Waals surface area (Å²) in [5, 5.41) is 11.1. The lowest BCUT2D eigenvalue weighted by Crippen LogP contribution is -2.64. The molecule has 1 aliphatic heterocycles. The molecule has 5 aliphatic rings. The van der Waals surface area contributed by atoms with E-state index in [0.717, 1.165) is 24.7 Å². The van der Waals surface area contributed by atoms with Crippen LogP contribution >= 0.6 is 0 Å². The third-order valence-electron chi connectivity index (χ3n) is 11.2. The van der Waals surface area contributed by atoms with Crippen LogP contribution in [0.3, 0.4) is 0 Å². The summed E-state index contributed by atoms with van der Waals surface area (Å²) < 4.78 is 40.8. The molecule has 4 fully saturated rings. The molecule has 9 heteroatoms. The number of morpholine rings is 1. The van der Waals surface area contributed by atoms with Crippen molar-refractivity contribution in [3.05, 3.63) is 42.0 Å². The number of rotatable bonds is 8. The van der Waals surface area contributed by atoms with Gasteiger partial charge in [-0.3, -0.25) is 4.79 Å². The Hall–Kier alpha value is -2.07. The summed E-state index contributed by atoms with van der Waals surface area (Å²) in [6.07, 6.45) is 5.02. The molecule has 3 saturated carbocycles. The second-order valence-corrected chi connectivity index (χ2v) is 15.2. The quantitative estimate of drug-likeness (QED) is 0.365. The highest BCUT2D eigenvalue weighted by atomic mass is 32.2. The van der Waals surface area contributed by atoms with Gasteiger partial charge in [-0.2, -0.15) is 4.31 Å². The second kappa shape index (κ2) is 9.48. The fourth-order valence-corrected chi connectivity index (χ4v) is 11.3. The minimum Gasteiger partial charge on any atom is -0.481 e. The molecule has 1 heterocycles. The van der Waals surface area contributed by atoms with Crippen LogP contribution < -0.4 is 0 Å². The van der Waals surface area contributed by atoms with Gasteiger partial charge in [-0.1, -0.05) is 57.0 Å². The molecule has 0 spiro atoms. The summed E-state index contributed by atoms with van der Waals surface area (Å²) >= 11 is 0. The Labute approximate surface area is 237 Å². The van der Waals surface area contributed by atoms with Crippen molar-refractivity contribution in [3.8, 4) is 0 Å². The van der Waals surface area contributed by atoms with Crippen LogP contribution in [-0.4, -0.2) is 62.2 Å². The maximum absolute atomic E-state index is 13.6. The third-order valence-corrected chi connectivity index (χ3v) is 13.1. The summed E-state index contributed by atoms with van der Waals surface area (Å²) in [5.41, 5.74) is -2.22. The molecule has 218 valence electrons. The zero-order valence-corrected chi connectivity index (χ0v) is 24.6. The van der Waals surface area contributed by atoms with Gasteiger partial charge in [-0.05, 0) is 67.9 Å². The molecule has 1 N–H and O–H groups in total. The molecule has 6 rings (SSSR count). The number of aliphatic carboxylic acids is 1. The number of sulfonamides is 1. The number of hydrogen-bond donors (Lipinski definition) is 1. The fraction of sp³-hybridized carbons (Fsp3) is 0.677.